The lowest BCUT2D eigenvalue weighted by atomic mass is 10.1. The Hall–Kier alpha value is -2.60. The minimum Gasteiger partial charge on any atom is -0.459 e. The van der Waals surface area contributed by atoms with Crippen molar-refractivity contribution in [1.82, 2.24) is 10.5 Å². The molecule has 1 fully saturated rings. The molecule has 6 nitrogen and oxygen atoms in total. The third-order valence-electron chi connectivity index (χ3n) is 4.21. The molecule has 3 aromatic rings. The van der Waals surface area contributed by atoms with Crippen molar-refractivity contribution >= 4 is 16.9 Å². The molecule has 0 bridgehead atoms. The molecule has 0 saturated heterocycles. The molecule has 1 saturated carbocycles. The largest absolute Gasteiger partial charge is 0.459 e. The predicted octanol–water partition coefficient (Wildman–Crippen LogP) is 3.45. The summed E-state index contributed by atoms with van der Waals surface area (Å²) in [4.78, 5) is 12.5. The van der Waals surface area contributed by atoms with Gasteiger partial charge in [0.15, 0.2) is 11.5 Å². The fraction of sp³-hybridized carbons (Fsp3) is 0.333. The summed E-state index contributed by atoms with van der Waals surface area (Å²) in [6.07, 6.45) is 2.16. The van der Waals surface area contributed by atoms with Crippen LogP contribution in [0.1, 0.15) is 40.9 Å². The maximum atomic E-state index is 12.5. The standard InChI is InChI=1S/C18H18N2O4/c1-22-10-13-9-14(20-24-13)18(21)19-17(11-6-7-11)16-8-12-4-2-3-5-15(12)23-16/h2-5,8-9,11,17H,6-7,10H2,1H3,(H,19,21). The SMILES string of the molecule is COCc1cc(C(=O)NC(c2cc3ccccc3o2)C2CC2)no1. The molecule has 1 N–H and O–H groups in total. The number of furan rings is 1. The summed E-state index contributed by atoms with van der Waals surface area (Å²) in [6, 6.07) is 11.3. The molecule has 1 atom stereocenters. The first-order chi connectivity index (χ1) is 11.7. The van der Waals surface area contributed by atoms with Crippen LogP contribution in [-0.4, -0.2) is 18.2 Å². The Kier molecular flexibility index (Phi) is 3.82. The van der Waals surface area contributed by atoms with Gasteiger partial charge in [0, 0.05) is 18.6 Å². The lowest BCUT2D eigenvalue weighted by molar-refractivity contribution is 0.0916. The van der Waals surface area contributed by atoms with Crippen molar-refractivity contribution in [2.24, 2.45) is 5.92 Å². The van der Waals surface area contributed by atoms with Gasteiger partial charge in [0.25, 0.3) is 5.91 Å². The molecule has 1 aliphatic carbocycles. The van der Waals surface area contributed by atoms with E-state index in [4.69, 9.17) is 13.7 Å². The average Bonchev–Trinajstić information content (AvgIpc) is 3.16. The third kappa shape index (κ3) is 2.92. The van der Waals surface area contributed by atoms with E-state index >= 15 is 0 Å². The van der Waals surface area contributed by atoms with Gasteiger partial charge < -0.3 is 19.0 Å². The van der Waals surface area contributed by atoms with E-state index in [1.54, 1.807) is 13.2 Å². The molecule has 0 radical (unpaired) electrons. The van der Waals surface area contributed by atoms with Crippen molar-refractivity contribution in [3.05, 3.63) is 53.6 Å². The van der Waals surface area contributed by atoms with Gasteiger partial charge in [-0.1, -0.05) is 23.4 Å². The number of ether oxygens (including phenoxy) is 1. The van der Waals surface area contributed by atoms with Crippen molar-refractivity contribution in [1.29, 1.82) is 0 Å². The molecule has 1 aromatic carbocycles. The number of rotatable bonds is 6. The highest BCUT2D eigenvalue weighted by Gasteiger charge is 2.36. The van der Waals surface area contributed by atoms with Gasteiger partial charge in [-0.15, -0.1) is 0 Å². The normalized spacial score (nSPS) is 15.5. The Labute approximate surface area is 138 Å². The molecule has 2 heterocycles. The number of carbonyl (C=O) groups excluding carboxylic acids is 1. The number of hydrogen-bond acceptors (Lipinski definition) is 5. The molecule has 4 rings (SSSR count). The Balaban J connectivity index is 1.55. The van der Waals surface area contributed by atoms with Crippen LogP contribution < -0.4 is 5.32 Å². The van der Waals surface area contributed by atoms with Crippen LogP contribution in [0.15, 0.2) is 45.3 Å². The second kappa shape index (κ2) is 6.13. The summed E-state index contributed by atoms with van der Waals surface area (Å²) in [7, 11) is 1.56. The van der Waals surface area contributed by atoms with Crippen LogP contribution in [0.2, 0.25) is 0 Å². The monoisotopic (exact) mass is 326 g/mol. The molecule has 0 aliphatic heterocycles. The Morgan fingerprint density at radius 3 is 2.96 bits per heavy atom. The molecule has 2 aromatic heterocycles. The zero-order valence-corrected chi connectivity index (χ0v) is 13.3. The van der Waals surface area contributed by atoms with Crippen molar-refractivity contribution < 1.29 is 18.5 Å². The van der Waals surface area contributed by atoms with Gasteiger partial charge in [0.05, 0.1) is 6.04 Å². The van der Waals surface area contributed by atoms with Gasteiger partial charge in [-0.05, 0) is 30.9 Å². The van der Waals surface area contributed by atoms with Crippen molar-refractivity contribution in [3.8, 4) is 0 Å². The topological polar surface area (TPSA) is 77.5 Å². The number of methoxy groups -OCH3 is 1. The maximum absolute atomic E-state index is 12.5. The minimum atomic E-state index is -0.265. The van der Waals surface area contributed by atoms with Crippen LogP contribution in [0.25, 0.3) is 11.0 Å². The van der Waals surface area contributed by atoms with Gasteiger partial charge in [0.2, 0.25) is 0 Å². The first-order valence-corrected chi connectivity index (χ1v) is 7.98. The van der Waals surface area contributed by atoms with Crippen LogP contribution in [0.4, 0.5) is 0 Å². The Bertz CT molecular complexity index is 830. The summed E-state index contributed by atoms with van der Waals surface area (Å²) in [5, 5.41) is 7.88. The fourth-order valence-electron chi connectivity index (χ4n) is 2.85. The highest BCUT2D eigenvalue weighted by atomic mass is 16.5. The van der Waals surface area contributed by atoms with Gasteiger partial charge in [-0.3, -0.25) is 4.79 Å². The zero-order chi connectivity index (χ0) is 16.5. The average molecular weight is 326 g/mol. The second-order valence-corrected chi connectivity index (χ2v) is 6.09. The second-order valence-electron chi connectivity index (χ2n) is 6.09. The quantitative estimate of drug-likeness (QED) is 0.750. The number of nitrogens with one attached hydrogen (secondary N) is 1. The fourth-order valence-corrected chi connectivity index (χ4v) is 2.85. The number of para-hydroxylation sites is 1. The first kappa shape index (κ1) is 15.0. The van der Waals surface area contributed by atoms with E-state index in [0.717, 1.165) is 29.6 Å². The highest BCUT2D eigenvalue weighted by Crippen LogP contribution is 2.42. The lowest BCUT2D eigenvalue weighted by Gasteiger charge is -2.14. The van der Waals surface area contributed by atoms with Crippen LogP contribution in [-0.2, 0) is 11.3 Å². The molecule has 1 unspecified atom stereocenters. The molecule has 1 amide bonds. The van der Waals surface area contributed by atoms with Gasteiger partial charge in [0.1, 0.15) is 18.0 Å². The van der Waals surface area contributed by atoms with Gasteiger partial charge in [-0.25, -0.2) is 0 Å². The predicted molar refractivity (Wildman–Crippen MR) is 86.4 cm³/mol. The molecule has 0 spiro atoms. The van der Waals surface area contributed by atoms with Crippen LogP contribution in [0.3, 0.4) is 0 Å². The van der Waals surface area contributed by atoms with E-state index < -0.39 is 0 Å². The van der Waals surface area contributed by atoms with Crippen molar-refractivity contribution in [2.75, 3.05) is 7.11 Å². The Morgan fingerprint density at radius 1 is 1.38 bits per heavy atom. The highest BCUT2D eigenvalue weighted by molar-refractivity contribution is 5.92. The smallest absolute Gasteiger partial charge is 0.274 e. The summed E-state index contributed by atoms with van der Waals surface area (Å²) in [5.41, 5.74) is 1.08. The number of hydrogen-bond donors (Lipinski definition) is 1. The van der Waals surface area contributed by atoms with Crippen molar-refractivity contribution in [3.63, 3.8) is 0 Å². The number of fused-ring (bicyclic) bond motifs is 1. The van der Waals surface area contributed by atoms with E-state index in [1.165, 1.54) is 0 Å². The number of nitrogens with zero attached hydrogens (tertiary/aromatic N) is 1. The van der Waals surface area contributed by atoms with Crippen LogP contribution in [0.5, 0.6) is 0 Å². The summed E-state index contributed by atoms with van der Waals surface area (Å²) in [5.74, 6) is 1.44. The lowest BCUT2D eigenvalue weighted by Crippen LogP contribution is -2.29. The third-order valence-corrected chi connectivity index (χ3v) is 4.21. The van der Waals surface area contributed by atoms with E-state index in [1.807, 2.05) is 30.3 Å². The number of carbonyl (C=O) groups is 1. The molecule has 6 heteroatoms. The van der Waals surface area contributed by atoms with E-state index in [9.17, 15) is 4.79 Å². The number of amides is 1. The summed E-state index contributed by atoms with van der Waals surface area (Å²) >= 11 is 0. The van der Waals surface area contributed by atoms with E-state index in [0.29, 0.717) is 11.7 Å². The zero-order valence-electron chi connectivity index (χ0n) is 13.3. The number of benzene rings is 1. The minimum absolute atomic E-state index is 0.146. The summed E-state index contributed by atoms with van der Waals surface area (Å²) < 4.78 is 16.0. The maximum Gasteiger partial charge on any atom is 0.274 e. The van der Waals surface area contributed by atoms with E-state index in [-0.39, 0.29) is 24.2 Å². The molecular weight excluding hydrogens is 308 g/mol. The van der Waals surface area contributed by atoms with Crippen LogP contribution in [0, 0.1) is 5.92 Å². The van der Waals surface area contributed by atoms with Crippen LogP contribution >= 0.6 is 0 Å². The van der Waals surface area contributed by atoms with E-state index in [2.05, 4.69) is 10.5 Å². The van der Waals surface area contributed by atoms with Gasteiger partial charge in [-0.2, -0.15) is 0 Å². The Morgan fingerprint density at radius 2 is 2.21 bits per heavy atom. The first-order valence-electron chi connectivity index (χ1n) is 7.98. The van der Waals surface area contributed by atoms with Crippen molar-refractivity contribution in [2.45, 2.75) is 25.5 Å². The van der Waals surface area contributed by atoms with Gasteiger partial charge >= 0.3 is 0 Å². The molecule has 1 aliphatic rings. The molecular formula is C18H18N2O4. The summed E-state index contributed by atoms with van der Waals surface area (Å²) in [6.45, 7) is 0.288. The molecule has 124 valence electrons. The number of aromatic nitrogens is 1. The molecule has 24 heavy (non-hydrogen) atoms.